The normalized spacial score (nSPS) is 10.2. The molecule has 0 aromatic heterocycles. The predicted octanol–water partition coefficient (Wildman–Crippen LogP) is 2.63. The second-order valence-electron chi connectivity index (χ2n) is 6.47. The minimum absolute atomic E-state index is 0.108. The maximum Gasteiger partial charge on any atom is 0.262 e. The lowest BCUT2D eigenvalue weighted by Crippen LogP contribution is -2.24. The van der Waals surface area contributed by atoms with Gasteiger partial charge in [-0.25, -0.2) is 0 Å². The molecule has 0 unspecified atom stereocenters. The Morgan fingerprint density at radius 1 is 0.867 bits per heavy atom. The maximum atomic E-state index is 12.4. The molecule has 0 aliphatic carbocycles. The number of anilines is 2. The van der Waals surface area contributed by atoms with E-state index in [-0.39, 0.29) is 23.8 Å². The number of rotatable bonds is 7. The van der Waals surface area contributed by atoms with E-state index in [1.165, 1.54) is 24.3 Å². The van der Waals surface area contributed by atoms with Gasteiger partial charge < -0.3 is 25.3 Å². The van der Waals surface area contributed by atoms with Gasteiger partial charge in [-0.2, -0.15) is 0 Å². The van der Waals surface area contributed by atoms with Crippen molar-refractivity contribution in [1.82, 2.24) is 0 Å². The minimum Gasteiger partial charge on any atom is -0.545 e. The molecule has 30 heavy (non-hydrogen) atoms. The highest BCUT2D eigenvalue weighted by Gasteiger charge is 2.10. The highest BCUT2D eigenvalue weighted by atomic mass is 16.5. The van der Waals surface area contributed by atoms with E-state index < -0.39 is 11.9 Å². The second-order valence-corrected chi connectivity index (χ2v) is 6.47. The number of carbonyl (C=O) groups excluding carboxylic acids is 3. The van der Waals surface area contributed by atoms with Gasteiger partial charge in [-0.3, -0.25) is 9.59 Å². The summed E-state index contributed by atoms with van der Waals surface area (Å²) < 4.78 is 5.50. The van der Waals surface area contributed by atoms with Crippen LogP contribution < -0.4 is 20.5 Å². The van der Waals surface area contributed by atoms with Gasteiger partial charge in [0.05, 0.1) is 11.7 Å². The summed E-state index contributed by atoms with van der Waals surface area (Å²) in [4.78, 5) is 35.6. The zero-order valence-corrected chi connectivity index (χ0v) is 16.2. The van der Waals surface area contributed by atoms with Crippen molar-refractivity contribution in [2.75, 3.05) is 17.2 Å². The fourth-order valence-corrected chi connectivity index (χ4v) is 2.73. The van der Waals surface area contributed by atoms with Crippen molar-refractivity contribution in [3.05, 3.63) is 89.5 Å². The van der Waals surface area contributed by atoms with E-state index in [0.717, 1.165) is 5.56 Å². The van der Waals surface area contributed by atoms with Crippen LogP contribution in [0.3, 0.4) is 0 Å². The standard InChI is InChI=1S/C23H20N2O5/c1-15-6-2-5-9-20(15)30-14-21(26)24-17-12-10-16(11-13-17)22(27)25-19-8-4-3-7-18(19)23(28)29/h2-13H,14H2,1H3,(H,24,26)(H,25,27)(H,28,29)/p-1. The van der Waals surface area contributed by atoms with Gasteiger partial charge in [-0.1, -0.05) is 36.4 Å². The molecule has 3 rings (SSSR count). The summed E-state index contributed by atoms with van der Waals surface area (Å²) in [6.45, 7) is 1.75. The van der Waals surface area contributed by atoms with E-state index in [1.54, 1.807) is 30.3 Å². The van der Waals surface area contributed by atoms with Crippen molar-refractivity contribution in [3.63, 3.8) is 0 Å². The second kappa shape index (κ2) is 9.38. The monoisotopic (exact) mass is 403 g/mol. The Balaban J connectivity index is 1.58. The van der Waals surface area contributed by atoms with Crippen LogP contribution in [0.15, 0.2) is 72.8 Å². The topological polar surface area (TPSA) is 108 Å². The van der Waals surface area contributed by atoms with Crippen molar-refractivity contribution < 1.29 is 24.2 Å². The number of hydrogen-bond donors (Lipinski definition) is 2. The predicted molar refractivity (Wildman–Crippen MR) is 110 cm³/mol. The van der Waals surface area contributed by atoms with Gasteiger partial charge in [0.1, 0.15) is 5.75 Å². The molecule has 0 fully saturated rings. The molecule has 3 aromatic rings. The molecular formula is C23H19N2O5-. The lowest BCUT2D eigenvalue weighted by Gasteiger charge is -2.12. The molecule has 0 saturated heterocycles. The van der Waals surface area contributed by atoms with Crippen LogP contribution in [-0.4, -0.2) is 24.4 Å². The zero-order chi connectivity index (χ0) is 21.5. The first-order chi connectivity index (χ1) is 14.4. The summed E-state index contributed by atoms with van der Waals surface area (Å²) in [7, 11) is 0. The molecule has 7 heteroatoms. The van der Waals surface area contributed by atoms with Crippen LogP contribution in [0.1, 0.15) is 26.3 Å². The first-order valence-corrected chi connectivity index (χ1v) is 9.14. The van der Waals surface area contributed by atoms with Crippen LogP contribution in [-0.2, 0) is 4.79 Å². The molecule has 0 atom stereocenters. The molecule has 0 saturated carbocycles. The Bertz CT molecular complexity index is 1080. The van der Waals surface area contributed by atoms with Gasteiger partial charge in [0, 0.05) is 16.8 Å². The highest BCUT2D eigenvalue weighted by molar-refractivity contribution is 6.07. The third-order valence-electron chi connectivity index (χ3n) is 4.28. The van der Waals surface area contributed by atoms with Crippen LogP contribution in [0, 0.1) is 6.92 Å². The Morgan fingerprint density at radius 2 is 1.53 bits per heavy atom. The summed E-state index contributed by atoms with van der Waals surface area (Å²) in [5.74, 6) is -1.56. The Kier molecular flexibility index (Phi) is 6.44. The van der Waals surface area contributed by atoms with Crippen LogP contribution in [0.4, 0.5) is 11.4 Å². The number of nitrogens with one attached hydrogen (secondary N) is 2. The third-order valence-corrected chi connectivity index (χ3v) is 4.28. The molecule has 7 nitrogen and oxygen atoms in total. The molecule has 2 amide bonds. The van der Waals surface area contributed by atoms with Crippen molar-refractivity contribution >= 4 is 29.2 Å². The number of carboxylic acid groups (broad SMARTS) is 1. The Morgan fingerprint density at radius 3 is 2.23 bits per heavy atom. The summed E-state index contributed by atoms with van der Waals surface area (Å²) >= 11 is 0. The number of para-hydroxylation sites is 2. The van der Waals surface area contributed by atoms with E-state index in [1.807, 2.05) is 25.1 Å². The number of aromatic carboxylic acids is 1. The number of amides is 2. The van der Waals surface area contributed by atoms with Crippen molar-refractivity contribution in [1.29, 1.82) is 0 Å². The molecule has 0 aliphatic rings. The summed E-state index contributed by atoms with van der Waals surface area (Å²) in [5.41, 5.74) is 1.77. The first-order valence-electron chi connectivity index (χ1n) is 9.14. The van der Waals surface area contributed by atoms with E-state index in [2.05, 4.69) is 10.6 Å². The van der Waals surface area contributed by atoms with Crippen molar-refractivity contribution in [2.24, 2.45) is 0 Å². The van der Waals surface area contributed by atoms with E-state index in [9.17, 15) is 19.5 Å². The molecule has 2 N–H and O–H groups in total. The van der Waals surface area contributed by atoms with E-state index in [0.29, 0.717) is 17.0 Å². The zero-order valence-electron chi connectivity index (χ0n) is 16.2. The Hall–Kier alpha value is -4.13. The summed E-state index contributed by atoms with van der Waals surface area (Å²) in [6, 6.07) is 19.6. The number of carboxylic acids is 1. The van der Waals surface area contributed by atoms with Gasteiger partial charge in [0.15, 0.2) is 6.61 Å². The van der Waals surface area contributed by atoms with Crippen LogP contribution in [0.25, 0.3) is 0 Å². The highest BCUT2D eigenvalue weighted by Crippen LogP contribution is 2.18. The molecule has 0 heterocycles. The molecule has 0 aliphatic heterocycles. The average Bonchev–Trinajstić information content (AvgIpc) is 2.74. The maximum absolute atomic E-state index is 12.4. The van der Waals surface area contributed by atoms with Crippen LogP contribution >= 0.6 is 0 Å². The largest absolute Gasteiger partial charge is 0.545 e. The molecular weight excluding hydrogens is 384 g/mol. The van der Waals surface area contributed by atoms with Gasteiger partial charge in [0.25, 0.3) is 11.8 Å². The quantitative estimate of drug-likeness (QED) is 0.631. The minimum atomic E-state index is -1.38. The Labute approximate surface area is 173 Å². The molecule has 0 bridgehead atoms. The summed E-state index contributed by atoms with van der Waals surface area (Å²) in [5, 5.41) is 16.4. The number of aryl methyl sites for hydroxylation is 1. The number of hydrogen-bond acceptors (Lipinski definition) is 5. The third kappa shape index (κ3) is 5.23. The lowest BCUT2D eigenvalue weighted by molar-refractivity contribution is -0.254. The first kappa shape index (κ1) is 20.6. The van der Waals surface area contributed by atoms with Crippen LogP contribution in [0.5, 0.6) is 5.75 Å². The molecule has 3 aromatic carbocycles. The number of ether oxygens (including phenoxy) is 1. The van der Waals surface area contributed by atoms with Gasteiger partial charge in [0.2, 0.25) is 0 Å². The number of carbonyl (C=O) groups is 3. The molecule has 0 spiro atoms. The molecule has 0 radical (unpaired) electrons. The smallest absolute Gasteiger partial charge is 0.262 e. The summed E-state index contributed by atoms with van der Waals surface area (Å²) in [6.07, 6.45) is 0. The van der Waals surface area contributed by atoms with E-state index in [4.69, 9.17) is 4.74 Å². The average molecular weight is 403 g/mol. The van der Waals surface area contributed by atoms with Crippen molar-refractivity contribution in [3.8, 4) is 5.75 Å². The fraction of sp³-hybridized carbons (Fsp3) is 0.0870. The van der Waals surface area contributed by atoms with Crippen molar-refractivity contribution in [2.45, 2.75) is 6.92 Å². The molecule has 152 valence electrons. The van der Waals surface area contributed by atoms with Gasteiger partial charge in [-0.05, 0) is 48.9 Å². The lowest BCUT2D eigenvalue weighted by atomic mass is 10.1. The van der Waals surface area contributed by atoms with Gasteiger partial charge in [-0.15, -0.1) is 0 Å². The number of benzene rings is 3. The van der Waals surface area contributed by atoms with Gasteiger partial charge >= 0.3 is 0 Å². The SMILES string of the molecule is Cc1ccccc1OCC(=O)Nc1ccc(C(=O)Nc2ccccc2C(=O)[O-])cc1. The van der Waals surface area contributed by atoms with Crippen LogP contribution in [0.2, 0.25) is 0 Å². The van der Waals surface area contributed by atoms with E-state index >= 15 is 0 Å². The fourth-order valence-electron chi connectivity index (χ4n) is 2.73.